The molecule has 0 aromatic carbocycles. The van der Waals surface area contributed by atoms with E-state index in [0.29, 0.717) is 13.0 Å². The summed E-state index contributed by atoms with van der Waals surface area (Å²) in [7, 11) is 0. The van der Waals surface area contributed by atoms with E-state index in [-0.39, 0.29) is 5.78 Å². The molecule has 0 saturated heterocycles. The van der Waals surface area contributed by atoms with Crippen LogP contribution in [0.4, 0.5) is 4.79 Å². The van der Waals surface area contributed by atoms with Crippen LogP contribution in [0.1, 0.15) is 42.4 Å². The summed E-state index contributed by atoms with van der Waals surface area (Å²) in [5.41, 5.74) is 0.473. The summed E-state index contributed by atoms with van der Waals surface area (Å²) in [5, 5.41) is 4.47. The summed E-state index contributed by atoms with van der Waals surface area (Å²) in [6.45, 7) is 7.60. The maximum absolute atomic E-state index is 11.8. The van der Waals surface area contributed by atoms with Crippen molar-refractivity contribution in [2.75, 3.05) is 6.54 Å². The summed E-state index contributed by atoms with van der Waals surface area (Å²) >= 11 is 1.43. The lowest BCUT2D eigenvalue weighted by Crippen LogP contribution is -2.33. The van der Waals surface area contributed by atoms with Crippen LogP contribution in [0.25, 0.3) is 0 Å². The van der Waals surface area contributed by atoms with Crippen LogP contribution in [0, 0.1) is 6.92 Å². The number of nitrogens with one attached hydrogen (secondary N) is 1. The predicted octanol–water partition coefficient (Wildman–Crippen LogP) is 3.15. The van der Waals surface area contributed by atoms with Gasteiger partial charge in [0.2, 0.25) is 0 Å². The van der Waals surface area contributed by atoms with E-state index in [2.05, 4.69) is 5.32 Å². The van der Waals surface area contributed by atoms with Crippen LogP contribution in [0.15, 0.2) is 11.4 Å². The van der Waals surface area contributed by atoms with E-state index in [1.54, 1.807) is 20.8 Å². The Morgan fingerprint density at radius 1 is 1.39 bits per heavy atom. The zero-order chi connectivity index (χ0) is 13.8. The highest BCUT2D eigenvalue weighted by Gasteiger charge is 2.16. The fraction of sp³-hybridized carbons (Fsp3) is 0.538. The number of Topliss-reactive ketones (excluding diaryl/α,β-unsaturated/α-hetero) is 1. The Kier molecular flexibility index (Phi) is 4.90. The second-order valence-corrected chi connectivity index (χ2v) is 5.95. The number of ether oxygens (including phenoxy) is 1. The SMILES string of the molecule is Cc1ccsc1C(=O)CCNC(=O)OC(C)(C)C. The lowest BCUT2D eigenvalue weighted by molar-refractivity contribution is 0.0527. The first-order valence-electron chi connectivity index (χ1n) is 5.84. The van der Waals surface area contributed by atoms with Crippen molar-refractivity contribution >= 4 is 23.2 Å². The molecule has 5 heteroatoms. The summed E-state index contributed by atoms with van der Waals surface area (Å²) in [6, 6.07) is 1.92. The van der Waals surface area contributed by atoms with Gasteiger partial charge < -0.3 is 10.1 Å². The third kappa shape index (κ3) is 4.87. The number of alkyl carbamates (subject to hydrolysis) is 1. The van der Waals surface area contributed by atoms with Gasteiger partial charge in [-0.05, 0) is 44.7 Å². The van der Waals surface area contributed by atoms with Gasteiger partial charge in [0.05, 0.1) is 4.88 Å². The molecule has 1 aromatic heterocycles. The topological polar surface area (TPSA) is 55.4 Å². The van der Waals surface area contributed by atoms with Gasteiger partial charge in [-0.3, -0.25) is 4.79 Å². The summed E-state index contributed by atoms with van der Waals surface area (Å²) in [6.07, 6.45) is -0.196. The van der Waals surface area contributed by atoms with Crippen molar-refractivity contribution in [2.24, 2.45) is 0 Å². The van der Waals surface area contributed by atoms with Gasteiger partial charge in [-0.15, -0.1) is 11.3 Å². The van der Waals surface area contributed by atoms with E-state index >= 15 is 0 Å². The Balaban J connectivity index is 2.33. The predicted molar refractivity (Wildman–Crippen MR) is 72.2 cm³/mol. The zero-order valence-electron chi connectivity index (χ0n) is 11.2. The third-order valence-electron chi connectivity index (χ3n) is 2.14. The fourth-order valence-electron chi connectivity index (χ4n) is 1.36. The Morgan fingerprint density at radius 2 is 2.06 bits per heavy atom. The number of ketones is 1. The molecule has 100 valence electrons. The Bertz CT molecular complexity index is 432. The van der Waals surface area contributed by atoms with Gasteiger partial charge >= 0.3 is 6.09 Å². The number of carbonyl (C=O) groups excluding carboxylic acids is 2. The molecule has 1 aromatic rings. The number of amides is 1. The lowest BCUT2D eigenvalue weighted by atomic mass is 10.2. The first-order valence-corrected chi connectivity index (χ1v) is 6.72. The molecule has 1 heterocycles. The summed E-state index contributed by atoms with van der Waals surface area (Å²) in [5.74, 6) is 0.0542. The molecule has 1 rings (SSSR count). The zero-order valence-corrected chi connectivity index (χ0v) is 12.0. The molecular weight excluding hydrogens is 250 g/mol. The van der Waals surface area contributed by atoms with Gasteiger partial charge in [0, 0.05) is 13.0 Å². The van der Waals surface area contributed by atoms with Gasteiger partial charge in [-0.2, -0.15) is 0 Å². The van der Waals surface area contributed by atoms with Crippen molar-refractivity contribution in [3.8, 4) is 0 Å². The van der Waals surface area contributed by atoms with Crippen molar-refractivity contribution in [1.82, 2.24) is 5.32 Å². The average Bonchev–Trinajstić information content (AvgIpc) is 2.61. The molecule has 0 spiro atoms. The smallest absolute Gasteiger partial charge is 0.407 e. The van der Waals surface area contributed by atoms with Crippen molar-refractivity contribution < 1.29 is 14.3 Å². The number of carbonyl (C=O) groups is 2. The van der Waals surface area contributed by atoms with Gasteiger partial charge in [0.1, 0.15) is 5.60 Å². The number of hydrogen-bond donors (Lipinski definition) is 1. The highest BCUT2D eigenvalue weighted by atomic mass is 32.1. The molecule has 0 fully saturated rings. The molecule has 0 bridgehead atoms. The molecule has 0 radical (unpaired) electrons. The van der Waals surface area contributed by atoms with Gasteiger partial charge in [-0.25, -0.2) is 4.79 Å². The summed E-state index contributed by atoms with van der Waals surface area (Å²) in [4.78, 5) is 23.9. The Hall–Kier alpha value is -1.36. The Morgan fingerprint density at radius 3 is 2.56 bits per heavy atom. The monoisotopic (exact) mass is 269 g/mol. The van der Waals surface area contributed by atoms with Crippen LogP contribution in [-0.2, 0) is 4.74 Å². The molecule has 0 aliphatic rings. The van der Waals surface area contributed by atoms with Gasteiger partial charge in [0.25, 0.3) is 0 Å². The number of hydrogen-bond acceptors (Lipinski definition) is 4. The second-order valence-electron chi connectivity index (χ2n) is 5.03. The van der Waals surface area contributed by atoms with Gasteiger partial charge in [0.15, 0.2) is 5.78 Å². The minimum Gasteiger partial charge on any atom is -0.444 e. The highest BCUT2D eigenvalue weighted by Crippen LogP contribution is 2.17. The Labute approximate surface area is 111 Å². The number of aryl methyl sites for hydroxylation is 1. The van der Waals surface area contributed by atoms with Crippen LogP contribution in [-0.4, -0.2) is 24.0 Å². The van der Waals surface area contributed by atoms with Crippen molar-refractivity contribution in [3.05, 3.63) is 21.9 Å². The molecule has 4 nitrogen and oxygen atoms in total. The van der Waals surface area contributed by atoms with Gasteiger partial charge in [-0.1, -0.05) is 0 Å². The largest absolute Gasteiger partial charge is 0.444 e. The quantitative estimate of drug-likeness (QED) is 0.854. The fourth-order valence-corrected chi connectivity index (χ4v) is 2.26. The number of rotatable bonds is 4. The van der Waals surface area contributed by atoms with Crippen LogP contribution in [0.2, 0.25) is 0 Å². The minimum atomic E-state index is -0.515. The molecule has 0 unspecified atom stereocenters. The molecular formula is C13H19NO3S. The summed E-state index contributed by atoms with van der Waals surface area (Å²) < 4.78 is 5.08. The van der Waals surface area contributed by atoms with Crippen molar-refractivity contribution in [3.63, 3.8) is 0 Å². The highest BCUT2D eigenvalue weighted by molar-refractivity contribution is 7.12. The van der Waals surface area contributed by atoms with Crippen molar-refractivity contribution in [2.45, 2.75) is 39.7 Å². The van der Waals surface area contributed by atoms with Crippen LogP contribution < -0.4 is 5.32 Å². The van der Waals surface area contributed by atoms with E-state index in [4.69, 9.17) is 4.74 Å². The van der Waals surface area contributed by atoms with E-state index < -0.39 is 11.7 Å². The molecule has 1 N–H and O–H groups in total. The average molecular weight is 269 g/mol. The van der Waals surface area contributed by atoms with Crippen LogP contribution >= 0.6 is 11.3 Å². The maximum Gasteiger partial charge on any atom is 0.407 e. The lowest BCUT2D eigenvalue weighted by Gasteiger charge is -2.19. The number of thiophene rings is 1. The standard InChI is InChI=1S/C13H19NO3S/c1-9-6-8-18-11(9)10(15)5-7-14-12(16)17-13(2,3)4/h6,8H,5,7H2,1-4H3,(H,14,16). The van der Waals surface area contributed by atoms with E-state index in [0.717, 1.165) is 10.4 Å². The second kappa shape index (κ2) is 6.00. The molecule has 1 amide bonds. The van der Waals surface area contributed by atoms with E-state index in [9.17, 15) is 9.59 Å². The van der Waals surface area contributed by atoms with Crippen molar-refractivity contribution in [1.29, 1.82) is 0 Å². The molecule has 0 aliphatic carbocycles. The van der Waals surface area contributed by atoms with Crippen LogP contribution in [0.3, 0.4) is 0 Å². The van der Waals surface area contributed by atoms with E-state index in [1.165, 1.54) is 11.3 Å². The normalized spacial score (nSPS) is 11.1. The van der Waals surface area contributed by atoms with E-state index in [1.807, 2.05) is 18.4 Å². The first-order chi connectivity index (χ1) is 8.29. The minimum absolute atomic E-state index is 0.0542. The molecule has 0 atom stereocenters. The third-order valence-corrected chi connectivity index (χ3v) is 3.19. The van der Waals surface area contributed by atoms with Crippen LogP contribution in [0.5, 0.6) is 0 Å². The maximum atomic E-state index is 11.8. The first kappa shape index (κ1) is 14.7. The molecule has 0 aliphatic heterocycles. The molecule has 0 saturated carbocycles. The molecule has 18 heavy (non-hydrogen) atoms.